The van der Waals surface area contributed by atoms with Crippen LogP contribution in [0.4, 0.5) is 10.5 Å². The Morgan fingerprint density at radius 3 is 2.31 bits per heavy atom. The lowest BCUT2D eigenvalue weighted by molar-refractivity contribution is -0.384. The zero-order valence-electron chi connectivity index (χ0n) is 18.9. The number of nitrogens with zero attached hydrogens (tertiary/aromatic N) is 1. The zero-order chi connectivity index (χ0) is 26.2. The summed E-state index contributed by atoms with van der Waals surface area (Å²) in [7, 11) is -7.02. The number of halogens is 1. The summed E-state index contributed by atoms with van der Waals surface area (Å²) in [6.07, 6.45) is 1.77. The first-order valence-electron chi connectivity index (χ1n) is 10.3. The molecule has 0 bridgehead atoms. The highest BCUT2D eigenvalue weighted by atomic mass is 35.5. The van der Waals surface area contributed by atoms with E-state index in [2.05, 4.69) is 10.0 Å². The number of hydrogen-bond acceptors (Lipinski definition) is 8. The van der Waals surface area contributed by atoms with Crippen LogP contribution in [-0.4, -0.2) is 48.0 Å². The van der Waals surface area contributed by atoms with Crippen LogP contribution in [0.2, 0.25) is 5.02 Å². The smallest absolute Gasteiger partial charge is 0.328 e. The Balaban J connectivity index is 2.03. The number of unbranched alkanes of at least 4 members (excludes halogenated alkanes) is 1. The minimum absolute atomic E-state index is 0.0652. The highest BCUT2D eigenvalue weighted by Crippen LogP contribution is 2.34. The summed E-state index contributed by atoms with van der Waals surface area (Å²) in [5, 5.41) is 13.1. The predicted molar refractivity (Wildman–Crippen MR) is 129 cm³/mol. The molecule has 2 aromatic rings. The molecule has 0 spiro atoms. The second-order valence-corrected chi connectivity index (χ2v) is 11.0. The Morgan fingerprint density at radius 1 is 1.09 bits per heavy atom. The van der Waals surface area contributed by atoms with E-state index in [4.69, 9.17) is 16.3 Å². The average molecular weight is 549 g/mol. The second-order valence-electron chi connectivity index (χ2n) is 7.22. The molecule has 0 aliphatic rings. The number of nitro benzene ring substituents is 1. The van der Waals surface area contributed by atoms with Gasteiger partial charge in [0.25, 0.3) is 15.7 Å². The van der Waals surface area contributed by atoms with Crippen LogP contribution in [0.1, 0.15) is 25.3 Å². The van der Waals surface area contributed by atoms with Gasteiger partial charge >= 0.3 is 6.03 Å². The summed E-state index contributed by atoms with van der Waals surface area (Å²) in [5.41, 5.74) is 0.123. The van der Waals surface area contributed by atoms with E-state index in [1.165, 1.54) is 31.4 Å². The molecule has 3 N–H and O–H groups in total. The Bertz CT molecular complexity index is 1280. The molecule has 0 atom stereocenters. The number of rotatable bonds is 12. The first kappa shape index (κ1) is 28.3. The van der Waals surface area contributed by atoms with Gasteiger partial charge in [-0.05, 0) is 36.6 Å². The average Bonchev–Trinajstić information content (AvgIpc) is 2.78. The second kappa shape index (κ2) is 12.2. The number of ether oxygens (including phenoxy) is 1. The van der Waals surface area contributed by atoms with Crippen LogP contribution in [0.15, 0.2) is 46.2 Å². The first-order chi connectivity index (χ1) is 16.4. The standard InChI is InChI=1S/C20H25ClN4O8S2/c1-3-4-10-22-20(26)24-34(29,30)15-7-5-14(6-8-15)9-11-23-35(31,32)19-12-16(21)17(25(27)28)13-18(19)33-2/h5-8,12-13,23H,3-4,9-11H2,1-2H3,(H2,22,24,26). The van der Waals surface area contributed by atoms with E-state index >= 15 is 0 Å². The van der Waals surface area contributed by atoms with Gasteiger partial charge in [0, 0.05) is 13.1 Å². The van der Waals surface area contributed by atoms with Crippen LogP contribution in [0.3, 0.4) is 0 Å². The summed E-state index contributed by atoms with van der Waals surface area (Å²) in [4.78, 5) is 21.5. The number of nitrogens with one attached hydrogen (secondary N) is 3. The molecule has 0 saturated heterocycles. The minimum atomic E-state index is -4.13. The van der Waals surface area contributed by atoms with Gasteiger partial charge in [0.1, 0.15) is 15.7 Å². The fourth-order valence-corrected chi connectivity index (χ4v) is 5.30. The first-order valence-corrected chi connectivity index (χ1v) is 13.7. The molecule has 0 saturated carbocycles. The number of hydrogen-bond donors (Lipinski definition) is 3. The molecule has 0 unspecified atom stereocenters. The molecule has 15 heteroatoms. The van der Waals surface area contributed by atoms with Crippen LogP contribution < -0.4 is 19.5 Å². The Hall–Kier alpha value is -2.94. The van der Waals surface area contributed by atoms with Gasteiger partial charge in [-0.2, -0.15) is 0 Å². The highest BCUT2D eigenvalue weighted by Gasteiger charge is 2.25. The summed E-state index contributed by atoms with van der Waals surface area (Å²) in [6.45, 7) is 2.22. The molecule has 0 aliphatic carbocycles. The molecule has 0 radical (unpaired) electrons. The number of urea groups is 1. The molecule has 0 aliphatic heterocycles. The van der Waals surface area contributed by atoms with E-state index in [-0.39, 0.29) is 33.5 Å². The summed E-state index contributed by atoms with van der Waals surface area (Å²) in [6, 6.07) is 6.61. The number of carbonyl (C=O) groups is 1. The normalized spacial score (nSPS) is 11.6. The Morgan fingerprint density at radius 2 is 1.74 bits per heavy atom. The quantitative estimate of drug-likeness (QED) is 0.206. The van der Waals surface area contributed by atoms with Crippen molar-refractivity contribution in [2.75, 3.05) is 20.2 Å². The number of benzene rings is 2. The van der Waals surface area contributed by atoms with Gasteiger partial charge in [-0.15, -0.1) is 0 Å². The Labute approximate surface area is 208 Å². The van der Waals surface area contributed by atoms with Crippen molar-refractivity contribution in [1.82, 2.24) is 14.8 Å². The molecular formula is C20H25ClN4O8S2. The molecular weight excluding hydrogens is 524 g/mol. The predicted octanol–water partition coefficient (Wildman–Crippen LogP) is 2.57. The van der Waals surface area contributed by atoms with Crippen molar-refractivity contribution < 1.29 is 31.3 Å². The lowest BCUT2D eigenvalue weighted by Crippen LogP contribution is -2.39. The number of carbonyl (C=O) groups excluding carboxylic acids is 1. The summed E-state index contributed by atoms with van der Waals surface area (Å²) in [5.74, 6) is -0.241. The fourth-order valence-electron chi connectivity index (χ4n) is 2.87. The van der Waals surface area contributed by atoms with Crippen molar-refractivity contribution in [3.8, 4) is 5.75 Å². The molecule has 35 heavy (non-hydrogen) atoms. The van der Waals surface area contributed by atoms with E-state index in [1.54, 1.807) is 0 Å². The maximum Gasteiger partial charge on any atom is 0.328 e. The number of methoxy groups -OCH3 is 1. The lowest BCUT2D eigenvalue weighted by atomic mass is 10.2. The van der Waals surface area contributed by atoms with Crippen molar-refractivity contribution in [2.24, 2.45) is 0 Å². The monoisotopic (exact) mass is 548 g/mol. The number of nitro groups is 1. The highest BCUT2D eigenvalue weighted by molar-refractivity contribution is 7.90. The van der Waals surface area contributed by atoms with Gasteiger partial charge in [-0.25, -0.2) is 31.1 Å². The van der Waals surface area contributed by atoms with Crippen LogP contribution in [0.25, 0.3) is 0 Å². The molecule has 192 valence electrons. The van der Waals surface area contributed by atoms with Crippen molar-refractivity contribution in [3.05, 3.63) is 57.1 Å². The van der Waals surface area contributed by atoms with Crippen molar-refractivity contribution in [2.45, 2.75) is 36.0 Å². The third kappa shape index (κ3) is 7.78. The van der Waals surface area contributed by atoms with Crippen molar-refractivity contribution in [3.63, 3.8) is 0 Å². The lowest BCUT2D eigenvalue weighted by Gasteiger charge is -2.12. The van der Waals surface area contributed by atoms with E-state index in [9.17, 15) is 31.7 Å². The molecule has 0 heterocycles. The number of sulfonamides is 2. The topological polar surface area (TPSA) is 174 Å². The van der Waals surface area contributed by atoms with E-state index in [0.717, 1.165) is 25.0 Å². The van der Waals surface area contributed by atoms with Gasteiger partial charge in [0.15, 0.2) is 0 Å². The third-order valence-corrected chi connectivity index (χ3v) is 7.83. The molecule has 12 nitrogen and oxygen atoms in total. The summed E-state index contributed by atoms with van der Waals surface area (Å²) >= 11 is 5.84. The van der Waals surface area contributed by atoms with Crippen LogP contribution in [-0.2, 0) is 26.5 Å². The fraction of sp³-hybridized carbons (Fsp3) is 0.350. The Kier molecular flexibility index (Phi) is 9.82. The molecule has 2 aromatic carbocycles. The van der Waals surface area contributed by atoms with Crippen LogP contribution >= 0.6 is 11.6 Å². The molecule has 0 fully saturated rings. The van der Waals surface area contributed by atoms with Crippen LogP contribution in [0.5, 0.6) is 5.75 Å². The largest absolute Gasteiger partial charge is 0.495 e. The molecule has 2 rings (SSSR count). The van der Waals surface area contributed by atoms with Crippen LogP contribution in [0, 0.1) is 10.1 Å². The zero-order valence-corrected chi connectivity index (χ0v) is 21.3. The van der Waals surface area contributed by atoms with Gasteiger partial charge < -0.3 is 10.1 Å². The van der Waals surface area contributed by atoms with Gasteiger partial charge in [-0.1, -0.05) is 37.1 Å². The van der Waals surface area contributed by atoms with Crippen molar-refractivity contribution in [1.29, 1.82) is 0 Å². The minimum Gasteiger partial charge on any atom is -0.495 e. The molecule has 0 aromatic heterocycles. The third-order valence-electron chi connectivity index (χ3n) is 4.70. The van der Waals surface area contributed by atoms with Gasteiger partial charge in [0.2, 0.25) is 10.0 Å². The van der Waals surface area contributed by atoms with Gasteiger partial charge in [-0.3, -0.25) is 10.1 Å². The van der Waals surface area contributed by atoms with E-state index < -0.39 is 36.7 Å². The van der Waals surface area contributed by atoms with Gasteiger partial charge in [0.05, 0.1) is 23.0 Å². The van der Waals surface area contributed by atoms with Crippen molar-refractivity contribution >= 4 is 43.4 Å². The van der Waals surface area contributed by atoms with E-state index in [0.29, 0.717) is 12.1 Å². The molecule has 2 amide bonds. The summed E-state index contributed by atoms with van der Waals surface area (Å²) < 4.78 is 59.2. The maximum atomic E-state index is 12.7. The maximum absolute atomic E-state index is 12.7. The van der Waals surface area contributed by atoms with E-state index in [1.807, 2.05) is 11.6 Å². The number of amides is 2. The SMILES string of the molecule is CCCCNC(=O)NS(=O)(=O)c1ccc(CCNS(=O)(=O)c2cc(Cl)c([N+](=O)[O-])cc2OC)cc1.